The van der Waals surface area contributed by atoms with Gasteiger partial charge in [-0.05, 0) is 25.0 Å². The van der Waals surface area contributed by atoms with Crippen LogP contribution >= 0.6 is 0 Å². The Morgan fingerprint density at radius 1 is 1.32 bits per heavy atom. The number of halogens is 1. The summed E-state index contributed by atoms with van der Waals surface area (Å²) in [5.74, 6) is 0.825. The van der Waals surface area contributed by atoms with Gasteiger partial charge in [-0.3, -0.25) is 5.10 Å². The van der Waals surface area contributed by atoms with Crippen molar-refractivity contribution < 1.29 is 4.39 Å². The number of hydrogen-bond donors (Lipinski definition) is 2. The van der Waals surface area contributed by atoms with E-state index in [0.29, 0.717) is 17.5 Å². The molecule has 2 aromatic heterocycles. The molecule has 0 atom stereocenters. The molecule has 19 heavy (non-hydrogen) atoms. The van der Waals surface area contributed by atoms with Crippen molar-refractivity contribution in [2.75, 3.05) is 18.0 Å². The Balaban J connectivity index is 1.77. The van der Waals surface area contributed by atoms with Gasteiger partial charge in [0.05, 0.1) is 6.20 Å². The van der Waals surface area contributed by atoms with Gasteiger partial charge in [0.1, 0.15) is 11.5 Å². The Morgan fingerprint density at radius 3 is 2.79 bits per heavy atom. The molecule has 3 heterocycles. The first-order valence-electron chi connectivity index (χ1n) is 6.27. The molecule has 3 N–H and O–H groups in total. The van der Waals surface area contributed by atoms with Gasteiger partial charge in [-0.15, -0.1) is 5.10 Å². The van der Waals surface area contributed by atoms with Crippen molar-refractivity contribution in [2.45, 2.75) is 18.9 Å². The van der Waals surface area contributed by atoms with E-state index in [2.05, 4.69) is 25.1 Å². The summed E-state index contributed by atoms with van der Waals surface area (Å²) in [6.45, 7) is 1.71. The van der Waals surface area contributed by atoms with Crippen LogP contribution in [-0.2, 0) is 0 Å². The van der Waals surface area contributed by atoms with Crippen molar-refractivity contribution in [2.24, 2.45) is 5.73 Å². The molecule has 0 aliphatic carbocycles. The van der Waals surface area contributed by atoms with E-state index in [0.717, 1.165) is 32.1 Å². The van der Waals surface area contributed by atoms with E-state index in [-0.39, 0.29) is 11.9 Å². The van der Waals surface area contributed by atoms with Gasteiger partial charge in [0, 0.05) is 19.1 Å². The Kier molecular flexibility index (Phi) is 3.12. The predicted molar refractivity (Wildman–Crippen MR) is 69.0 cm³/mol. The van der Waals surface area contributed by atoms with Crippen molar-refractivity contribution in [1.29, 1.82) is 0 Å². The highest BCUT2D eigenvalue weighted by molar-refractivity contribution is 5.50. The molecule has 0 bridgehead atoms. The van der Waals surface area contributed by atoms with Gasteiger partial charge < -0.3 is 10.6 Å². The first-order chi connectivity index (χ1) is 9.22. The minimum Gasteiger partial charge on any atom is -0.339 e. The smallest absolute Gasteiger partial charge is 0.245 e. The van der Waals surface area contributed by atoms with E-state index in [1.165, 1.54) is 6.07 Å². The Morgan fingerprint density at radius 2 is 2.11 bits per heavy atom. The van der Waals surface area contributed by atoms with Gasteiger partial charge in [-0.2, -0.15) is 4.98 Å². The minimum atomic E-state index is -0.367. The molecule has 0 amide bonds. The predicted octanol–water partition coefficient (Wildman–Crippen LogP) is 0.933. The molecule has 0 spiro atoms. The lowest BCUT2D eigenvalue weighted by molar-refractivity contribution is 0.496. The van der Waals surface area contributed by atoms with Crippen LogP contribution in [0.15, 0.2) is 18.3 Å². The Bertz CT molecular complexity index is 544. The maximum Gasteiger partial charge on any atom is 0.245 e. The molecule has 6 nitrogen and oxygen atoms in total. The van der Waals surface area contributed by atoms with Crippen molar-refractivity contribution in [3.05, 3.63) is 24.1 Å². The third kappa shape index (κ3) is 2.55. The summed E-state index contributed by atoms with van der Waals surface area (Å²) in [5, 5.41) is 7.01. The number of nitrogens with zero attached hydrogens (tertiary/aromatic N) is 4. The molecule has 7 heteroatoms. The van der Waals surface area contributed by atoms with E-state index in [1.807, 2.05) is 0 Å². The van der Waals surface area contributed by atoms with E-state index >= 15 is 0 Å². The fourth-order valence-electron chi connectivity index (χ4n) is 2.12. The molecular weight excluding hydrogens is 247 g/mol. The first-order valence-corrected chi connectivity index (χ1v) is 6.27. The van der Waals surface area contributed by atoms with Crippen LogP contribution in [-0.4, -0.2) is 39.3 Å². The number of piperidine rings is 1. The molecule has 1 saturated heterocycles. The van der Waals surface area contributed by atoms with Crippen LogP contribution < -0.4 is 10.6 Å². The zero-order valence-corrected chi connectivity index (χ0v) is 10.4. The van der Waals surface area contributed by atoms with E-state index in [9.17, 15) is 4.39 Å². The lowest BCUT2D eigenvalue weighted by Gasteiger charge is -2.28. The highest BCUT2D eigenvalue weighted by Crippen LogP contribution is 2.18. The molecule has 0 unspecified atom stereocenters. The van der Waals surface area contributed by atoms with Crippen molar-refractivity contribution >= 4 is 5.95 Å². The summed E-state index contributed by atoms with van der Waals surface area (Å²) < 4.78 is 12.8. The van der Waals surface area contributed by atoms with Gasteiger partial charge in [0.15, 0.2) is 5.82 Å². The maximum atomic E-state index is 12.8. The quantitative estimate of drug-likeness (QED) is 0.841. The standard InChI is InChI=1S/C12H15FN6/c13-8-1-2-10(15-7-8)11-16-12(18-17-11)19-5-3-9(14)4-6-19/h1-2,7,9H,3-6,14H2,(H,16,17,18). The average molecular weight is 262 g/mol. The van der Waals surface area contributed by atoms with Gasteiger partial charge in [-0.1, -0.05) is 0 Å². The lowest BCUT2D eigenvalue weighted by atomic mass is 10.1. The molecule has 100 valence electrons. The average Bonchev–Trinajstić information content (AvgIpc) is 2.90. The van der Waals surface area contributed by atoms with Gasteiger partial charge in [0.2, 0.25) is 5.95 Å². The van der Waals surface area contributed by atoms with Crippen molar-refractivity contribution in [1.82, 2.24) is 20.2 Å². The molecule has 0 radical (unpaired) electrons. The summed E-state index contributed by atoms with van der Waals surface area (Å²) in [5.41, 5.74) is 6.44. The zero-order valence-electron chi connectivity index (χ0n) is 10.4. The van der Waals surface area contributed by atoms with Crippen LogP contribution in [0, 0.1) is 5.82 Å². The van der Waals surface area contributed by atoms with Gasteiger partial charge in [0.25, 0.3) is 0 Å². The zero-order chi connectivity index (χ0) is 13.2. The molecule has 0 aromatic carbocycles. The highest BCUT2D eigenvalue weighted by Gasteiger charge is 2.19. The van der Waals surface area contributed by atoms with Crippen LogP contribution in [0.3, 0.4) is 0 Å². The Hall–Kier alpha value is -2.02. The molecule has 3 rings (SSSR count). The van der Waals surface area contributed by atoms with Crippen LogP contribution in [0.2, 0.25) is 0 Å². The second-order valence-electron chi connectivity index (χ2n) is 4.67. The number of H-pyrrole nitrogens is 1. The monoisotopic (exact) mass is 262 g/mol. The molecule has 1 aliphatic heterocycles. The number of nitrogens with one attached hydrogen (secondary N) is 1. The molecule has 1 aliphatic rings. The first kappa shape index (κ1) is 12.0. The summed E-state index contributed by atoms with van der Waals surface area (Å²) in [6, 6.07) is 3.20. The number of aromatic nitrogens is 4. The molecule has 0 saturated carbocycles. The summed E-state index contributed by atoms with van der Waals surface area (Å²) in [4.78, 5) is 10.5. The van der Waals surface area contributed by atoms with Gasteiger partial charge >= 0.3 is 0 Å². The molecule has 2 aromatic rings. The number of rotatable bonds is 2. The number of nitrogens with two attached hydrogens (primary N) is 1. The topological polar surface area (TPSA) is 83.7 Å². The number of aromatic amines is 1. The van der Waals surface area contributed by atoms with Gasteiger partial charge in [-0.25, -0.2) is 9.37 Å². The number of hydrogen-bond acceptors (Lipinski definition) is 5. The number of pyridine rings is 1. The lowest BCUT2D eigenvalue weighted by Crippen LogP contribution is -2.40. The summed E-state index contributed by atoms with van der Waals surface area (Å²) >= 11 is 0. The van der Waals surface area contributed by atoms with E-state index in [4.69, 9.17) is 5.73 Å². The van der Waals surface area contributed by atoms with Crippen LogP contribution in [0.25, 0.3) is 11.5 Å². The van der Waals surface area contributed by atoms with Crippen LogP contribution in [0.5, 0.6) is 0 Å². The molecule has 1 fully saturated rings. The number of anilines is 1. The molecular formula is C12H15FN6. The normalized spacial score (nSPS) is 16.8. The van der Waals surface area contributed by atoms with Crippen molar-refractivity contribution in [3.63, 3.8) is 0 Å². The van der Waals surface area contributed by atoms with E-state index in [1.54, 1.807) is 6.07 Å². The fraction of sp³-hybridized carbons (Fsp3) is 0.417. The van der Waals surface area contributed by atoms with E-state index < -0.39 is 0 Å². The SMILES string of the molecule is NC1CCN(c2n[nH]c(-c3ccc(F)cn3)n2)CC1. The second-order valence-corrected chi connectivity index (χ2v) is 4.67. The third-order valence-corrected chi connectivity index (χ3v) is 3.27. The summed E-state index contributed by atoms with van der Waals surface area (Å²) in [7, 11) is 0. The van der Waals surface area contributed by atoms with Crippen molar-refractivity contribution in [3.8, 4) is 11.5 Å². The van der Waals surface area contributed by atoms with Crippen LogP contribution in [0.4, 0.5) is 10.3 Å². The fourth-order valence-corrected chi connectivity index (χ4v) is 2.12. The second kappa shape index (κ2) is 4.93. The highest BCUT2D eigenvalue weighted by atomic mass is 19.1. The van der Waals surface area contributed by atoms with Crippen LogP contribution in [0.1, 0.15) is 12.8 Å². The summed E-state index contributed by atoms with van der Waals surface area (Å²) in [6.07, 6.45) is 3.05. The Labute approximate surface area is 109 Å². The minimum absolute atomic E-state index is 0.272. The largest absolute Gasteiger partial charge is 0.339 e. The third-order valence-electron chi connectivity index (χ3n) is 3.27. The maximum absolute atomic E-state index is 12.8.